The monoisotopic (exact) mass is 297 g/mol. The van der Waals surface area contributed by atoms with Gasteiger partial charge in [0.15, 0.2) is 12.2 Å². The van der Waals surface area contributed by atoms with Crippen LogP contribution in [0.15, 0.2) is 18.2 Å². The Morgan fingerprint density at radius 2 is 2.00 bits per heavy atom. The number of hydrazine groups is 1. The van der Waals surface area contributed by atoms with E-state index in [2.05, 4.69) is 0 Å². The van der Waals surface area contributed by atoms with Crippen LogP contribution in [0.5, 0.6) is 5.75 Å². The van der Waals surface area contributed by atoms with Crippen molar-refractivity contribution in [3.8, 4) is 5.75 Å². The number of nitro groups is 1. The van der Waals surface area contributed by atoms with Gasteiger partial charge in [-0.1, -0.05) is 6.07 Å². The van der Waals surface area contributed by atoms with Gasteiger partial charge < -0.3 is 9.84 Å². The average molecular weight is 297 g/mol. The molecule has 10 nitrogen and oxygen atoms in total. The molecule has 2 amide bonds. The van der Waals surface area contributed by atoms with Crippen LogP contribution in [0.25, 0.3) is 0 Å². The topological polar surface area (TPSA) is 148 Å². The summed E-state index contributed by atoms with van der Waals surface area (Å²) in [7, 11) is 0. The van der Waals surface area contributed by atoms with Crippen molar-refractivity contribution in [3.05, 3.63) is 33.9 Å². The second-order valence-corrected chi connectivity index (χ2v) is 3.73. The van der Waals surface area contributed by atoms with E-state index in [0.29, 0.717) is 0 Å². The molecular weight excluding hydrogens is 286 g/mol. The van der Waals surface area contributed by atoms with Gasteiger partial charge in [-0.2, -0.15) is 0 Å². The fraction of sp³-hybridized carbons (Fsp3) is 0.182. The molecule has 0 spiro atoms. The molecule has 0 saturated carbocycles. The van der Waals surface area contributed by atoms with Crippen LogP contribution in [-0.2, 0) is 9.59 Å². The highest BCUT2D eigenvalue weighted by molar-refractivity contribution is 5.95. The Labute approximate surface area is 117 Å². The second-order valence-electron chi connectivity index (χ2n) is 3.73. The lowest BCUT2D eigenvalue weighted by Gasteiger charge is -2.09. The summed E-state index contributed by atoms with van der Waals surface area (Å²) >= 11 is 0. The maximum absolute atomic E-state index is 11.3. The van der Waals surface area contributed by atoms with Gasteiger partial charge in [0.2, 0.25) is 5.91 Å². The fourth-order valence-corrected chi connectivity index (χ4v) is 1.34. The first-order valence-corrected chi connectivity index (χ1v) is 5.52. The van der Waals surface area contributed by atoms with Crippen LogP contribution in [0.4, 0.5) is 5.69 Å². The first-order valence-electron chi connectivity index (χ1n) is 5.52. The van der Waals surface area contributed by atoms with Crippen molar-refractivity contribution in [1.29, 1.82) is 0 Å². The number of benzene rings is 1. The van der Waals surface area contributed by atoms with Crippen molar-refractivity contribution in [3.63, 3.8) is 0 Å². The number of aromatic carboxylic acids is 1. The highest BCUT2D eigenvalue weighted by Crippen LogP contribution is 2.28. The summed E-state index contributed by atoms with van der Waals surface area (Å²) in [6, 6.07) is 3.42. The standard InChI is InChI=1S/C11H11N3O7/c1-6(15)12-13-9(16)5-21-8-4-2-3-7(14(19)20)10(8)11(17)18/h2-4H,5H2,1H3,(H,12,15)(H,13,16)(H,17,18). The van der Waals surface area contributed by atoms with Crippen LogP contribution in [0.3, 0.4) is 0 Å². The number of ether oxygens (including phenoxy) is 1. The van der Waals surface area contributed by atoms with Crippen LogP contribution >= 0.6 is 0 Å². The van der Waals surface area contributed by atoms with Crippen molar-refractivity contribution in [2.45, 2.75) is 6.92 Å². The van der Waals surface area contributed by atoms with Crippen molar-refractivity contribution in [2.24, 2.45) is 0 Å². The summed E-state index contributed by atoms with van der Waals surface area (Å²) < 4.78 is 4.93. The summed E-state index contributed by atoms with van der Waals surface area (Å²) in [5.41, 5.74) is 2.69. The molecule has 0 aliphatic rings. The third-order valence-corrected chi connectivity index (χ3v) is 2.15. The smallest absolute Gasteiger partial charge is 0.346 e. The number of amides is 2. The highest BCUT2D eigenvalue weighted by Gasteiger charge is 2.25. The van der Waals surface area contributed by atoms with E-state index in [1.54, 1.807) is 0 Å². The SMILES string of the molecule is CC(=O)NNC(=O)COc1cccc([N+](=O)[O-])c1C(=O)O. The first kappa shape index (κ1) is 15.9. The summed E-state index contributed by atoms with van der Waals surface area (Å²) in [5.74, 6) is -3.15. The molecule has 0 bridgehead atoms. The Bertz CT molecular complexity index is 599. The molecule has 0 aromatic heterocycles. The van der Waals surface area contributed by atoms with Crippen molar-refractivity contribution in [2.75, 3.05) is 6.61 Å². The highest BCUT2D eigenvalue weighted by atomic mass is 16.6. The minimum Gasteiger partial charge on any atom is -0.483 e. The van der Waals surface area contributed by atoms with Crippen molar-refractivity contribution < 1.29 is 29.2 Å². The summed E-state index contributed by atoms with van der Waals surface area (Å²) in [6.45, 7) is 0.548. The maximum Gasteiger partial charge on any atom is 0.346 e. The lowest BCUT2D eigenvalue weighted by atomic mass is 10.1. The van der Waals surface area contributed by atoms with Gasteiger partial charge in [-0.15, -0.1) is 0 Å². The van der Waals surface area contributed by atoms with Crippen LogP contribution < -0.4 is 15.6 Å². The van der Waals surface area contributed by atoms with E-state index in [-0.39, 0.29) is 5.75 Å². The van der Waals surface area contributed by atoms with Gasteiger partial charge >= 0.3 is 5.97 Å². The van der Waals surface area contributed by atoms with E-state index < -0.39 is 40.6 Å². The number of carbonyl (C=O) groups excluding carboxylic acids is 2. The fourth-order valence-electron chi connectivity index (χ4n) is 1.34. The molecular formula is C11H11N3O7. The zero-order valence-corrected chi connectivity index (χ0v) is 10.8. The summed E-state index contributed by atoms with van der Waals surface area (Å²) in [5, 5.41) is 19.7. The Balaban J connectivity index is 2.86. The molecule has 0 aliphatic heterocycles. The second kappa shape index (κ2) is 6.84. The molecule has 0 unspecified atom stereocenters. The predicted octanol–water partition coefficient (Wildman–Crippen LogP) is -0.161. The molecule has 0 radical (unpaired) electrons. The number of rotatable bonds is 5. The Hall–Kier alpha value is -3.17. The largest absolute Gasteiger partial charge is 0.483 e. The molecule has 0 aliphatic carbocycles. The Kier molecular flexibility index (Phi) is 5.17. The number of hydrogen-bond acceptors (Lipinski definition) is 6. The molecule has 3 N–H and O–H groups in total. The number of carboxylic acids is 1. The minimum atomic E-state index is -1.56. The summed E-state index contributed by atoms with van der Waals surface area (Å²) in [4.78, 5) is 42.8. The van der Waals surface area contributed by atoms with E-state index in [4.69, 9.17) is 9.84 Å². The normalized spacial score (nSPS) is 9.57. The van der Waals surface area contributed by atoms with Crippen LogP contribution in [-0.4, -0.2) is 34.4 Å². The van der Waals surface area contributed by atoms with Gasteiger partial charge in [-0.05, 0) is 6.07 Å². The van der Waals surface area contributed by atoms with Crippen LogP contribution in [0.1, 0.15) is 17.3 Å². The number of nitrogens with zero attached hydrogens (tertiary/aromatic N) is 1. The lowest BCUT2D eigenvalue weighted by Crippen LogP contribution is -2.42. The number of carboxylic acid groups (broad SMARTS) is 1. The number of carbonyl (C=O) groups is 3. The van der Waals surface area contributed by atoms with Gasteiger partial charge in [0, 0.05) is 13.0 Å². The number of nitrogens with one attached hydrogen (secondary N) is 2. The van der Waals surface area contributed by atoms with Gasteiger partial charge in [0.1, 0.15) is 5.75 Å². The number of nitro benzene ring substituents is 1. The molecule has 1 aromatic rings. The van der Waals surface area contributed by atoms with Crippen LogP contribution in [0.2, 0.25) is 0 Å². The zero-order valence-electron chi connectivity index (χ0n) is 10.8. The summed E-state index contributed by atoms with van der Waals surface area (Å²) in [6.07, 6.45) is 0. The van der Waals surface area contributed by atoms with E-state index >= 15 is 0 Å². The molecule has 112 valence electrons. The molecule has 0 heterocycles. The average Bonchev–Trinajstić information content (AvgIpc) is 2.41. The molecule has 0 fully saturated rings. The minimum absolute atomic E-state index is 0.324. The third-order valence-electron chi connectivity index (χ3n) is 2.15. The molecule has 1 aromatic carbocycles. The van der Waals surface area contributed by atoms with Gasteiger partial charge in [-0.25, -0.2) is 4.79 Å². The Morgan fingerprint density at radius 1 is 1.33 bits per heavy atom. The molecule has 0 atom stereocenters. The zero-order chi connectivity index (χ0) is 16.0. The van der Waals surface area contributed by atoms with E-state index in [9.17, 15) is 24.5 Å². The van der Waals surface area contributed by atoms with Crippen molar-refractivity contribution >= 4 is 23.5 Å². The Morgan fingerprint density at radius 3 is 2.52 bits per heavy atom. The third kappa shape index (κ3) is 4.45. The first-order chi connectivity index (χ1) is 9.82. The number of hydrogen-bond donors (Lipinski definition) is 3. The lowest BCUT2D eigenvalue weighted by molar-refractivity contribution is -0.385. The van der Waals surface area contributed by atoms with E-state index in [0.717, 1.165) is 6.07 Å². The molecule has 0 saturated heterocycles. The maximum atomic E-state index is 11.3. The predicted molar refractivity (Wildman–Crippen MR) is 67.5 cm³/mol. The van der Waals surface area contributed by atoms with Crippen LogP contribution in [0, 0.1) is 10.1 Å². The van der Waals surface area contributed by atoms with Gasteiger partial charge in [0.25, 0.3) is 11.6 Å². The van der Waals surface area contributed by atoms with E-state index in [1.807, 2.05) is 10.9 Å². The van der Waals surface area contributed by atoms with E-state index in [1.165, 1.54) is 19.1 Å². The molecule has 10 heteroatoms. The molecule has 1 rings (SSSR count). The van der Waals surface area contributed by atoms with Gasteiger partial charge in [0.05, 0.1) is 4.92 Å². The van der Waals surface area contributed by atoms with Gasteiger partial charge in [-0.3, -0.25) is 30.6 Å². The van der Waals surface area contributed by atoms with Crippen molar-refractivity contribution in [1.82, 2.24) is 10.9 Å². The molecule has 21 heavy (non-hydrogen) atoms. The quantitative estimate of drug-likeness (QED) is 0.505.